The molecular formula is C11H17BrN2OS. The molecule has 1 aromatic rings. The number of nitrogens with one attached hydrogen (secondary N) is 1. The van der Waals surface area contributed by atoms with E-state index in [1.807, 2.05) is 18.4 Å². The third-order valence-electron chi connectivity index (χ3n) is 2.14. The van der Waals surface area contributed by atoms with Crippen LogP contribution in [0.1, 0.15) is 31.1 Å². The zero-order valence-electron chi connectivity index (χ0n) is 9.33. The fourth-order valence-electron chi connectivity index (χ4n) is 1.31. The van der Waals surface area contributed by atoms with Gasteiger partial charge in [0.25, 0.3) is 0 Å². The molecule has 3 nitrogen and oxygen atoms in total. The van der Waals surface area contributed by atoms with Gasteiger partial charge in [-0.2, -0.15) is 0 Å². The average Bonchev–Trinajstić information content (AvgIpc) is 2.61. The Balaban J connectivity index is 2.15. The summed E-state index contributed by atoms with van der Waals surface area (Å²) in [5.74, 6) is 0.102. The predicted molar refractivity (Wildman–Crippen MR) is 71.4 cm³/mol. The SMILES string of the molecule is CC(N)CCCC(=O)NCc1cc(Br)cs1. The summed E-state index contributed by atoms with van der Waals surface area (Å²) in [6.07, 6.45) is 2.32. The highest BCUT2D eigenvalue weighted by Crippen LogP contribution is 2.19. The minimum absolute atomic E-state index is 0.102. The fraction of sp³-hybridized carbons (Fsp3) is 0.545. The Labute approximate surface area is 109 Å². The first kappa shape index (κ1) is 13.7. The summed E-state index contributed by atoms with van der Waals surface area (Å²) in [6.45, 7) is 2.58. The second kappa shape index (κ2) is 7.04. The zero-order chi connectivity index (χ0) is 12.0. The molecule has 1 amide bonds. The largest absolute Gasteiger partial charge is 0.351 e. The summed E-state index contributed by atoms with van der Waals surface area (Å²) in [6, 6.07) is 2.20. The van der Waals surface area contributed by atoms with Gasteiger partial charge in [-0.05, 0) is 41.8 Å². The first-order valence-corrected chi connectivity index (χ1v) is 7.00. The summed E-state index contributed by atoms with van der Waals surface area (Å²) >= 11 is 5.02. The van der Waals surface area contributed by atoms with E-state index in [0.717, 1.165) is 22.2 Å². The lowest BCUT2D eigenvalue weighted by Gasteiger charge is -2.05. The van der Waals surface area contributed by atoms with Crippen LogP contribution in [0.25, 0.3) is 0 Å². The van der Waals surface area contributed by atoms with Crippen molar-refractivity contribution in [2.75, 3.05) is 0 Å². The van der Waals surface area contributed by atoms with Crippen LogP contribution in [0.4, 0.5) is 0 Å². The van der Waals surface area contributed by atoms with Crippen molar-refractivity contribution in [3.8, 4) is 0 Å². The van der Waals surface area contributed by atoms with Crippen LogP contribution in [0.15, 0.2) is 15.9 Å². The smallest absolute Gasteiger partial charge is 0.220 e. The number of halogens is 1. The molecule has 0 aliphatic carbocycles. The lowest BCUT2D eigenvalue weighted by molar-refractivity contribution is -0.121. The Morgan fingerprint density at radius 1 is 1.69 bits per heavy atom. The Morgan fingerprint density at radius 2 is 2.44 bits per heavy atom. The molecule has 1 atom stereocenters. The minimum atomic E-state index is 0.102. The van der Waals surface area contributed by atoms with Gasteiger partial charge in [0, 0.05) is 27.2 Å². The Bertz CT molecular complexity index is 338. The quantitative estimate of drug-likeness (QED) is 0.849. The van der Waals surface area contributed by atoms with E-state index in [0.29, 0.717) is 13.0 Å². The molecule has 0 aliphatic heterocycles. The number of hydrogen-bond acceptors (Lipinski definition) is 3. The van der Waals surface area contributed by atoms with Crippen LogP contribution in [0.3, 0.4) is 0 Å². The Morgan fingerprint density at radius 3 is 3.00 bits per heavy atom. The highest BCUT2D eigenvalue weighted by atomic mass is 79.9. The van der Waals surface area contributed by atoms with Crippen molar-refractivity contribution in [2.24, 2.45) is 5.73 Å². The average molecular weight is 305 g/mol. The second-order valence-electron chi connectivity index (χ2n) is 3.88. The highest BCUT2D eigenvalue weighted by Gasteiger charge is 2.03. The van der Waals surface area contributed by atoms with Gasteiger partial charge in [-0.15, -0.1) is 11.3 Å². The van der Waals surface area contributed by atoms with Crippen LogP contribution in [-0.4, -0.2) is 11.9 Å². The van der Waals surface area contributed by atoms with E-state index in [4.69, 9.17) is 5.73 Å². The third-order valence-corrected chi connectivity index (χ3v) is 3.84. The van der Waals surface area contributed by atoms with Crippen LogP contribution in [0, 0.1) is 0 Å². The van der Waals surface area contributed by atoms with Gasteiger partial charge in [0.05, 0.1) is 6.54 Å². The van der Waals surface area contributed by atoms with Crippen LogP contribution in [0.5, 0.6) is 0 Å². The van der Waals surface area contributed by atoms with Gasteiger partial charge in [0.1, 0.15) is 0 Å². The van der Waals surface area contributed by atoms with Gasteiger partial charge >= 0.3 is 0 Å². The van der Waals surface area contributed by atoms with E-state index < -0.39 is 0 Å². The molecule has 0 spiro atoms. The Hall–Kier alpha value is -0.390. The minimum Gasteiger partial charge on any atom is -0.351 e. The molecular weight excluding hydrogens is 288 g/mol. The summed E-state index contributed by atoms with van der Waals surface area (Å²) in [4.78, 5) is 12.6. The molecule has 0 bridgehead atoms. The Kier molecular flexibility index (Phi) is 6.01. The van der Waals surface area contributed by atoms with Gasteiger partial charge in [0.2, 0.25) is 5.91 Å². The molecule has 90 valence electrons. The van der Waals surface area contributed by atoms with E-state index >= 15 is 0 Å². The normalized spacial score (nSPS) is 12.4. The standard InChI is InChI=1S/C11H17BrN2OS/c1-8(13)3-2-4-11(15)14-6-10-5-9(12)7-16-10/h5,7-8H,2-4,6,13H2,1H3,(H,14,15). The van der Waals surface area contributed by atoms with Crippen molar-refractivity contribution in [3.05, 3.63) is 20.8 Å². The second-order valence-corrected chi connectivity index (χ2v) is 5.79. The molecule has 0 saturated heterocycles. The maximum atomic E-state index is 11.4. The van der Waals surface area contributed by atoms with Gasteiger partial charge in [-0.25, -0.2) is 0 Å². The van der Waals surface area contributed by atoms with Crippen molar-refractivity contribution in [2.45, 2.75) is 38.8 Å². The molecule has 1 rings (SSSR count). The number of nitrogens with two attached hydrogens (primary N) is 1. The van der Waals surface area contributed by atoms with Crippen LogP contribution >= 0.6 is 27.3 Å². The van der Waals surface area contributed by atoms with Crippen LogP contribution in [0.2, 0.25) is 0 Å². The molecule has 0 saturated carbocycles. The third kappa shape index (κ3) is 5.63. The summed E-state index contributed by atoms with van der Waals surface area (Å²) in [5, 5.41) is 4.91. The molecule has 3 N–H and O–H groups in total. The van der Waals surface area contributed by atoms with E-state index in [9.17, 15) is 4.79 Å². The van der Waals surface area contributed by atoms with Crippen molar-refractivity contribution >= 4 is 33.2 Å². The first-order valence-electron chi connectivity index (χ1n) is 5.33. The predicted octanol–water partition coefficient (Wildman–Crippen LogP) is 2.64. The molecule has 0 radical (unpaired) electrons. The highest BCUT2D eigenvalue weighted by molar-refractivity contribution is 9.10. The molecule has 1 heterocycles. The maximum Gasteiger partial charge on any atom is 0.220 e. The monoisotopic (exact) mass is 304 g/mol. The number of carbonyl (C=O) groups is 1. The summed E-state index contributed by atoms with van der Waals surface area (Å²) < 4.78 is 1.07. The molecule has 0 aromatic carbocycles. The summed E-state index contributed by atoms with van der Waals surface area (Å²) in [5.41, 5.74) is 5.61. The number of amides is 1. The van der Waals surface area contributed by atoms with E-state index in [-0.39, 0.29) is 11.9 Å². The van der Waals surface area contributed by atoms with Crippen molar-refractivity contribution in [1.29, 1.82) is 0 Å². The van der Waals surface area contributed by atoms with Crippen LogP contribution < -0.4 is 11.1 Å². The molecule has 1 unspecified atom stereocenters. The van der Waals surface area contributed by atoms with E-state index in [2.05, 4.69) is 21.2 Å². The fourth-order valence-corrected chi connectivity index (χ4v) is 2.70. The lowest BCUT2D eigenvalue weighted by atomic mass is 10.1. The number of carbonyl (C=O) groups excluding carboxylic acids is 1. The topological polar surface area (TPSA) is 55.1 Å². The number of rotatable bonds is 6. The maximum absolute atomic E-state index is 11.4. The van der Waals surface area contributed by atoms with Crippen LogP contribution in [-0.2, 0) is 11.3 Å². The molecule has 16 heavy (non-hydrogen) atoms. The molecule has 0 fully saturated rings. The molecule has 5 heteroatoms. The zero-order valence-corrected chi connectivity index (χ0v) is 11.7. The lowest BCUT2D eigenvalue weighted by Crippen LogP contribution is -2.23. The number of hydrogen-bond donors (Lipinski definition) is 2. The van der Waals surface area contributed by atoms with Gasteiger partial charge < -0.3 is 11.1 Å². The van der Waals surface area contributed by atoms with E-state index in [1.54, 1.807) is 11.3 Å². The first-order chi connectivity index (χ1) is 7.58. The van der Waals surface area contributed by atoms with Crippen molar-refractivity contribution in [3.63, 3.8) is 0 Å². The van der Waals surface area contributed by atoms with Crippen molar-refractivity contribution in [1.82, 2.24) is 5.32 Å². The van der Waals surface area contributed by atoms with E-state index in [1.165, 1.54) is 0 Å². The van der Waals surface area contributed by atoms with Crippen molar-refractivity contribution < 1.29 is 4.79 Å². The summed E-state index contributed by atoms with van der Waals surface area (Å²) in [7, 11) is 0. The number of thiophene rings is 1. The molecule has 1 aromatic heterocycles. The molecule has 0 aliphatic rings. The van der Waals surface area contributed by atoms with Gasteiger partial charge in [-0.1, -0.05) is 0 Å². The van der Waals surface area contributed by atoms with Gasteiger partial charge in [0.15, 0.2) is 0 Å². The van der Waals surface area contributed by atoms with Gasteiger partial charge in [-0.3, -0.25) is 4.79 Å².